The van der Waals surface area contributed by atoms with Crippen molar-refractivity contribution in [3.05, 3.63) is 89.2 Å². The van der Waals surface area contributed by atoms with Gasteiger partial charge in [-0.25, -0.2) is 4.98 Å². The highest BCUT2D eigenvalue weighted by Crippen LogP contribution is 2.21. The van der Waals surface area contributed by atoms with Crippen LogP contribution in [-0.2, 0) is 6.54 Å². The van der Waals surface area contributed by atoms with Crippen LogP contribution >= 0.6 is 0 Å². The fraction of sp³-hybridized carbons (Fsp3) is 0.192. The summed E-state index contributed by atoms with van der Waals surface area (Å²) < 4.78 is 13.5. The summed E-state index contributed by atoms with van der Waals surface area (Å²) in [5, 5.41) is 0. The fourth-order valence-electron chi connectivity index (χ4n) is 3.45. The Bertz CT molecular complexity index is 1170. The van der Waals surface area contributed by atoms with E-state index in [9.17, 15) is 0 Å². The molecule has 0 aliphatic heterocycles. The third kappa shape index (κ3) is 4.38. The van der Waals surface area contributed by atoms with Gasteiger partial charge in [0, 0.05) is 0 Å². The van der Waals surface area contributed by atoms with Gasteiger partial charge in [-0.15, -0.1) is 0 Å². The van der Waals surface area contributed by atoms with Crippen LogP contribution in [0.4, 0.5) is 0 Å². The normalized spacial score (nSPS) is 11.3. The molecule has 30 heavy (non-hydrogen) atoms. The van der Waals surface area contributed by atoms with Crippen LogP contribution in [0.15, 0.2) is 66.7 Å². The molecule has 0 N–H and O–H groups in total. The molecule has 4 rings (SSSR count). The fourth-order valence-corrected chi connectivity index (χ4v) is 3.45. The molecule has 1 aromatic heterocycles. The summed E-state index contributed by atoms with van der Waals surface area (Å²) in [7, 11) is 1.67. The second-order valence-electron chi connectivity index (χ2n) is 7.33. The van der Waals surface area contributed by atoms with Gasteiger partial charge >= 0.3 is 0 Å². The van der Waals surface area contributed by atoms with Crippen molar-refractivity contribution in [1.29, 1.82) is 0 Å². The maximum atomic E-state index is 6.10. The van der Waals surface area contributed by atoms with Crippen molar-refractivity contribution in [2.45, 2.75) is 20.4 Å². The lowest BCUT2D eigenvalue weighted by Crippen LogP contribution is -2.10. The van der Waals surface area contributed by atoms with Gasteiger partial charge in [0.1, 0.15) is 23.9 Å². The molecule has 0 radical (unpaired) electrons. The zero-order chi connectivity index (χ0) is 20.9. The monoisotopic (exact) mass is 398 g/mol. The molecule has 0 aliphatic carbocycles. The van der Waals surface area contributed by atoms with E-state index < -0.39 is 0 Å². The molecule has 1 heterocycles. The minimum absolute atomic E-state index is 0.577. The lowest BCUT2D eigenvalue weighted by atomic mass is 10.1. The van der Waals surface area contributed by atoms with Crippen LogP contribution in [-0.4, -0.2) is 23.3 Å². The van der Waals surface area contributed by atoms with Crippen LogP contribution in [0.5, 0.6) is 11.5 Å². The minimum atomic E-state index is 0.577. The first-order valence-electron chi connectivity index (χ1n) is 10.1. The molecule has 0 fully saturated rings. The number of rotatable bonds is 7. The highest BCUT2D eigenvalue weighted by Gasteiger charge is 2.09. The number of methoxy groups -OCH3 is 1. The molecule has 0 bridgehead atoms. The van der Waals surface area contributed by atoms with E-state index in [1.165, 1.54) is 5.56 Å². The Morgan fingerprint density at radius 3 is 2.53 bits per heavy atom. The van der Waals surface area contributed by atoms with Gasteiger partial charge in [0.15, 0.2) is 0 Å². The summed E-state index contributed by atoms with van der Waals surface area (Å²) >= 11 is 0. The predicted molar refractivity (Wildman–Crippen MR) is 123 cm³/mol. The maximum absolute atomic E-state index is 6.10. The predicted octanol–water partition coefficient (Wildman–Crippen LogP) is 5.91. The molecule has 4 aromatic rings. The number of aryl methyl sites for hydroxylation is 2. The quantitative estimate of drug-likeness (QED) is 0.388. The van der Waals surface area contributed by atoms with E-state index in [1.54, 1.807) is 7.11 Å². The molecule has 3 aromatic carbocycles. The van der Waals surface area contributed by atoms with Gasteiger partial charge in [0.25, 0.3) is 0 Å². The van der Waals surface area contributed by atoms with Gasteiger partial charge in [0.2, 0.25) is 0 Å². The SMILES string of the molecule is COc1ccc(/C=C/c2nc3ccccc3n2CCOc2cc(C)ccc2C)cc1. The number of aromatic nitrogens is 2. The number of nitrogens with zero attached hydrogens (tertiary/aromatic N) is 2. The largest absolute Gasteiger partial charge is 0.497 e. The van der Waals surface area contributed by atoms with Gasteiger partial charge in [-0.1, -0.05) is 42.5 Å². The Morgan fingerprint density at radius 2 is 1.73 bits per heavy atom. The Kier molecular flexibility index (Phi) is 5.84. The van der Waals surface area contributed by atoms with Gasteiger partial charge in [-0.2, -0.15) is 0 Å². The van der Waals surface area contributed by atoms with Crippen LogP contribution in [0.1, 0.15) is 22.5 Å². The summed E-state index contributed by atoms with van der Waals surface area (Å²) in [6.45, 7) is 5.45. The average Bonchev–Trinajstić information content (AvgIpc) is 3.12. The van der Waals surface area contributed by atoms with Crippen molar-refractivity contribution < 1.29 is 9.47 Å². The zero-order valence-electron chi connectivity index (χ0n) is 17.6. The van der Waals surface area contributed by atoms with Crippen LogP contribution < -0.4 is 9.47 Å². The molecule has 4 heteroatoms. The smallest absolute Gasteiger partial charge is 0.133 e. The molecular formula is C26H26N2O2. The van der Waals surface area contributed by atoms with Gasteiger partial charge in [0.05, 0.1) is 24.7 Å². The van der Waals surface area contributed by atoms with E-state index in [0.29, 0.717) is 6.61 Å². The van der Waals surface area contributed by atoms with Gasteiger partial charge in [-0.3, -0.25) is 0 Å². The van der Waals surface area contributed by atoms with E-state index in [4.69, 9.17) is 14.5 Å². The number of benzene rings is 3. The van der Waals surface area contributed by atoms with Crippen LogP contribution in [0.25, 0.3) is 23.2 Å². The van der Waals surface area contributed by atoms with E-state index in [0.717, 1.165) is 46.0 Å². The van der Waals surface area contributed by atoms with Crippen molar-refractivity contribution in [2.24, 2.45) is 0 Å². The second-order valence-corrected chi connectivity index (χ2v) is 7.33. The third-order valence-corrected chi connectivity index (χ3v) is 5.14. The zero-order valence-corrected chi connectivity index (χ0v) is 17.6. The molecular weight excluding hydrogens is 372 g/mol. The first-order valence-corrected chi connectivity index (χ1v) is 10.1. The number of hydrogen-bond acceptors (Lipinski definition) is 3. The number of ether oxygens (including phenoxy) is 2. The average molecular weight is 399 g/mol. The molecule has 152 valence electrons. The van der Waals surface area contributed by atoms with Crippen molar-refractivity contribution in [1.82, 2.24) is 9.55 Å². The summed E-state index contributed by atoms with van der Waals surface area (Å²) in [6.07, 6.45) is 4.13. The van der Waals surface area contributed by atoms with E-state index in [2.05, 4.69) is 54.8 Å². The number of para-hydroxylation sites is 2. The van der Waals surface area contributed by atoms with Gasteiger partial charge in [-0.05, 0) is 66.9 Å². The highest BCUT2D eigenvalue weighted by molar-refractivity contribution is 5.79. The van der Waals surface area contributed by atoms with Crippen LogP contribution in [0, 0.1) is 13.8 Å². The van der Waals surface area contributed by atoms with E-state index >= 15 is 0 Å². The lowest BCUT2D eigenvalue weighted by molar-refractivity contribution is 0.297. The highest BCUT2D eigenvalue weighted by atomic mass is 16.5. The summed E-state index contributed by atoms with van der Waals surface area (Å²) in [5.41, 5.74) is 5.54. The standard InChI is InChI=1S/C26H26N2O2/c1-19-8-9-20(2)25(18-19)30-17-16-28-24-7-5-4-6-23(24)27-26(28)15-12-21-10-13-22(29-3)14-11-21/h4-15,18H,16-17H2,1-3H3/b15-12+. The van der Waals surface area contributed by atoms with E-state index in [-0.39, 0.29) is 0 Å². The molecule has 0 aliphatic rings. The minimum Gasteiger partial charge on any atom is -0.497 e. The first kappa shape index (κ1) is 19.8. The summed E-state index contributed by atoms with van der Waals surface area (Å²) in [5.74, 6) is 2.70. The van der Waals surface area contributed by atoms with Crippen molar-refractivity contribution >= 4 is 23.2 Å². The lowest BCUT2D eigenvalue weighted by Gasteiger charge is -2.12. The molecule has 0 saturated carbocycles. The van der Waals surface area contributed by atoms with Crippen LogP contribution in [0.3, 0.4) is 0 Å². The number of hydrogen-bond donors (Lipinski definition) is 0. The Morgan fingerprint density at radius 1 is 0.933 bits per heavy atom. The van der Waals surface area contributed by atoms with Crippen LogP contribution in [0.2, 0.25) is 0 Å². The van der Waals surface area contributed by atoms with Crippen molar-refractivity contribution in [2.75, 3.05) is 13.7 Å². The molecule has 0 amide bonds. The summed E-state index contributed by atoms with van der Waals surface area (Å²) in [4.78, 5) is 4.81. The Balaban J connectivity index is 1.56. The molecule has 0 spiro atoms. The number of imidazole rings is 1. The van der Waals surface area contributed by atoms with Gasteiger partial charge < -0.3 is 14.0 Å². The van der Waals surface area contributed by atoms with E-state index in [1.807, 2.05) is 42.5 Å². The topological polar surface area (TPSA) is 36.3 Å². The Hall–Kier alpha value is -3.53. The third-order valence-electron chi connectivity index (χ3n) is 5.14. The molecule has 0 atom stereocenters. The molecule has 0 saturated heterocycles. The second kappa shape index (κ2) is 8.87. The molecule has 0 unspecified atom stereocenters. The molecule has 4 nitrogen and oxygen atoms in total. The van der Waals surface area contributed by atoms with Crippen molar-refractivity contribution in [3.63, 3.8) is 0 Å². The number of fused-ring (bicyclic) bond motifs is 1. The maximum Gasteiger partial charge on any atom is 0.133 e. The first-order chi connectivity index (χ1) is 14.6. The summed E-state index contributed by atoms with van der Waals surface area (Å²) in [6, 6.07) is 22.5. The van der Waals surface area contributed by atoms with Crippen molar-refractivity contribution in [3.8, 4) is 11.5 Å². The Labute approximate surface area is 177 Å².